The molecule has 3 rings (SSSR count). The van der Waals surface area contributed by atoms with E-state index in [0.29, 0.717) is 13.1 Å². The molecular weight excluding hydrogens is 366 g/mol. The number of aryl methyl sites for hydroxylation is 2. The molecular formula is C23H27N3O3. The number of hydrogen-bond donors (Lipinski definition) is 1. The molecule has 29 heavy (non-hydrogen) atoms. The number of benzene rings is 2. The quantitative estimate of drug-likeness (QED) is 0.761. The van der Waals surface area contributed by atoms with Crippen LogP contribution in [0.5, 0.6) is 0 Å². The summed E-state index contributed by atoms with van der Waals surface area (Å²) in [5.74, 6) is -1.40. The van der Waals surface area contributed by atoms with E-state index < -0.39 is 11.7 Å². The third kappa shape index (κ3) is 5.22. The third-order valence-electron chi connectivity index (χ3n) is 5.35. The fourth-order valence-corrected chi connectivity index (χ4v) is 3.54. The molecule has 0 atom stereocenters. The van der Waals surface area contributed by atoms with Gasteiger partial charge in [0, 0.05) is 38.3 Å². The Morgan fingerprint density at radius 1 is 0.862 bits per heavy atom. The van der Waals surface area contributed by atoms with Gasteiger partial charge >= 0.3 is 0 Å². The zero-order valence-electron chi connectivity index (χ0n) is 17.0. The molecule has 1 N–H and O–H groups in total. The largest absolute Gasteiger partial charge is 0.368 e. The molecule has 0 aromatic heterocycles. The molecule has 2 amide bonds. The summed E-state index contributed by atoms with van der Waals surface area (Å²) in [6.45, 7) is 6.52. The van der Waals surface area contributed by atoms with Crippen LogP contribution in [0.3, 0.4) is 0 Å². The van der Waals surface area contributed by atoms with Gasteiger partial charge in [-0.05, 0) is 36.6 Å². The number of nitrogens with zero attached hydrogens (tertiary/aromatic N) is 2. The number of nitrogens with one attached hydrogen (secondary N) is 1. The number of carbonyl (C=O) groups excluding carboxylic acids is 3. The lowest BCUT2D eigenvalue weighted by molar-refractivity contribution is -0.139. The highest BCUT2D eigenvalue weighted by Crippen LogP contribution is 2.20. The van der Waals surface area contributed by atoms with Gasteiger partial charge in [0.15, 0.2) is 0 Å². The van der Waals surface area contributed by atoms with E-state index in [1.165, 1.54) is 11.3 Å². The molecule has 0 radical (unpaired) electrons. The zero-order chi connectivity index (χ0) is 20.8. The summed E-state index contributed by atoms with van der Waals surface area (Å²) in [6, 6.07) is 15.7. The van der Waals surface area contributed by atoms with E-state index in [-0.39, 0.29) is 18.9 Å². The summed E-state index contributed by atoms with van der Waals surface area (Å²) in [4.78, 5) is 40.7. The van der Waals surface area contributed by atoms with Crippen LogP contribution in [0.25, 0.3) is 0 Å². The lowest BCUT2D eigenvalue weighted by atomic mass is 10.0. The van der Waals surface area contributed by atoms with Gasteiger partial charge in [-0.2, -0.15) is 0 Å². The number of amides is 2. The lowest BCUT2D eigenvalue weighted by Gasteiger charge is -2.36. The van der Waals surface area contributed by atoms with Crippen molar-refractivity contribution < 1.29 is 14.4 Å². The Bertz CT molecular complexity index is 902. The van der Waals surface area contributed by atoms with E-state index in [1.807, 2.05) is 43.3 Å². The minimum absolute atomic E-state index is 0.0435. The van der Waals surface area contributed by atoms with E-state index >= 15 is 0 Å². The van der Waals surface area contributed by atoms with Crippen LogP contribution in [-0.4, -0.2) is 55.2 Å². The van der Waals surface area contributed by atoms with Crippen molar-refractivity contribution in [2.24, 2.45) is 0 Å². The van der Waals surface area contributed by atoms with Crippen molar-refractivity contribution in [2.75, 3.05) is 37.6 Å². The first-order valence-corrected chi connectivity index (χ1v) is 9.89. The van der Waals surface area contributed by atoms with E-state index in [1.54, 1.807) is 4.90 Å². The molecule has 6 nitrogen and oxygen atoms in total. The number of hydrogen-bond acceptors (Lipinski definition) is 4. The Balaban J connectivity index is 1.45. The van der Waals surface area contributed by atoms with Crippen LogP contribution in [0.4, 0.5) is 5.69 Å². The lowest BCUT2D eigenvalue weighted by Crippen LogP contribution is -2.51. The molecule has 6 heteroatoms. The summed E-state index contributed by atoms with van der Waals surface area (Å²) >= 11 is 0. The van der Waals surface area contributed by atoms with Gasteiger partial charge in [-0.25, -0.2) is 0 Å². The first kappa shape index (κ1) is 20.6. The second-order valence-corrected chi connectivity index (χ2v) is 7.36. The topological polar surface area (TPSA) is 69.7 Å². The van der Waals surface area contributed by atoms with Crippen molar-refractivity contribution in [1.82, 2.24) is 10.2 Å². The van der Waals surface area contributed by atoms with Gasteiger partial charge in [-0.3, -0.25) is 14.4 Å². The van der Waals surface area contributed by atoms with E-state index in [2.05, 4.69) is 29.3 Å². The number of carbonyl (C=O) groups is 3. The molecule has 0 bridgehead atoms. The maximum atomic E-state index is 12.4. The summed E-state index contributed by atoms with van der Waals surface area (Å²) in [5, 5.41) is 2.48. The molecule has 1 fully saturated rings. The predicted octanol–water partition coefficient (Wildman–Crippen LogP) is 1.88. The van der Waals surface area contributed by atoms with Crippen LogP contribution in [0.1, 0.15) is 16.7 Å². The van der Waals surface area contributed by atoms with Crippen molar-refractivity contribution in [1.29, 1.82) is 0 Å². The minimum Gasteiger partial charge on any atom is -0.368 e. The molecule has 152 valence electrons. The fraction of sp³-hybridized carbons (Fsp3) is 0.348. The fourth-order valence-electron chi connectivity index (χ4n) is 3.54. The molecule has 2 aromatic carbocycles. The molecule has 1 aliphatic heterocycles. The van der Waals surface area contributed by atoms with Crippen LogP contribution >= 0.6 is 0 Å². The Kier molecular flexibility index (Phi) is 6.65. The number of Topliss-reactive ketones (excluding diaryl/α,β-unsaturated/α-hetero) is 1. The summed E-state index contributed by atoms with van der Waals surface area (Å²) < 4.78 is 0. The summed E-state index contributed by atoms with van der Waals surface area (Å²) in [7, 11) is 0. The Morgan fingerprint density at radius 3 is 2.14 bits per heavy atom. The van der Waals surface area contributed by atoms with Crippen LogP contribution in [0, 0.1) is 13.8 Å². The van der Waals surface area contributed by atoms with Gasteiger partial charge in [-0.15, -0.1) is 0 Å². The van der Waals surface area contributed by atoms with E-state index in [0.717, 1.165) is 24.2 Å². The van der Waals surface area contributed by atoms with E-state index in [4.69, 9.17) is 0 Å². The average molecular weight is 393 g/mol. The van der Waals surface area contributed by atoms with Crippen LogP contribution in [0.2, 0.25) is 0 Å². The standard InChI is InChI=1S/C23H27N3O3/c1-17-7-3-5-9-19(17)15-21(27)23(29)24-16-22(28)26-13-11-25(12-14-26)20-10-6-4-8-18(20)2/h3-10H,11-16H2,1-2H3,(H,24,29). The second-order valence-electron chi connectivity index (χ2n) is 7.36. The number of anilines is 1. The highest BCUT2D eigenvalue weighted by molar-refractivity contribution is 6.36. The van der Waals surface area contributed by atoms with Gasteiger partial charge in [0.25, 0.3) is 5.91 Å². The molecule has 0 aliphatic carbocycles. The summed E-state index contributed by atoms with van der Waals surface area (Å²) in [6.07, 6.45) is 0.0435. The second kappa shape index (κ2) is 9.37. The summed E-state index contributed by atoms with van der Waals surface area (Å²) in [5.41, 5.74) is 4.20. The molecule has 0 saturated carbocycles. The molecule has 1 aliphatic rings. The Hall–Kier alpha value is -3.15. The maximum absolute atomic E-state index is 12.4. The number of rotatable bonds is 6. The number of para-hydroxylation sites is 1. The van der Waals surface area contributed by atoms with Gasteiger partial charge in [0.2, 0.25) is 11.7 Å². The SMILES string of the molecule is Cc1ccccc1CC(=O)C(=O)NCC(=O)N1CCN(c2ccccc2C)CC1. The van der Waals surface area contributed by atoms with Gasteiger partial charge in [0.05, 0.1) is 6.54 Å². The van der Waals surface area contributed by atoms with E-state index in [9.17, 15) is 14.4 Å². The van der Waals surface area contributed by atoms with Crippen LogP contribution in [-0.2, 0) is 20.8 Å². The van der Waals surface area contributed by atoms with Gasteiger partial charge < -0.3 is 15.1 Å². The molecule has 0 spiro atoms. The van der Waals surface area contributed by atoms with Gasteiger partial charge in [0.1, 0.15) is 0 Å². The van der Waals surface area contributed by atoms with Crippen molar-refractivity contribution >= 4 is 23.3 Å². The smallest absolute Gasteiger partial charge is 0.288 e. The van der Waals surface area contributed by atoms with Crippen LogP contribution < -0.4 is 10.2 Å². The van der Waals surface area contributed by atoms with Crippen LogP contribution in [0.15, 0.2) is 48.5 Å². The highest BCUT2D eigenvalue weighted by Gasteiger charge is 2.23. The zero-order valence-corrected chi connectivity index (χ0v) is 17.0. The van der Waals surface area contributed by atoms with Crippen molar-refractivity contribution in [3.63, 3.8) is 0 Å². The average Bonchev–Trinajstić information content (AvgIpc) is 2.74. The normalized spacial score (nSPS) is 13.9. The maximum Gasteiger partial charge on any atom is 0.288 e. The predicted molar refractivity (Wildman–Crippen MR) is 113 cm³/mol. The third-order valence-corrected chi connectivity index (χ3v) is 5.35. The van der Waals surface area contributed by atoms with Crippen molar-refractivity contribution in [3.8, 4) is 0 Å². The molecule has 1 saturated heterocycles. The Labute approximate surface area is 171 Å². The first-order valence-electron chi connectivity index (χ1n) is 9.89. The number of ketones is 1. The molecule has 0 unspecified atom stereocenters. The minimum atomic E-state index is -0.708. The highest BCUT2D eigenvalue weighted by atomic mass is 16.2. The number of piperazine rings is 1. The van der Waals surface area contributed by atoms with Gasteiger partial charge in [-0.1, -0.05) is 42.5 Å². The molecule has 1 heterocycles. The monoisotopic (exact) mass is 393 g/mol. The Morgan fingerprint density at radius 2 is 1.48 bits per heavy atom. The van der Waals surface area contributed by atoms with Crippen molar-refractivity contribution in [3.05, 3.63) is 65.2 Å². The molecule has 2 aromatic rings. The van der Waals surface area contributed by atoms with Crippen molar-refractivity contribution in [2.45, 2.75) is 20.3 Å². The first-order chi connectivity index (χ1) is 14.0.